The van der Waals surface area contributed by atoms with Crippen LogP contribution in [0.1, 0.15) is 30.4 Å². The van der Waals surface area contributed by atoms with Crippen LogP contribution < -0.4 is 5.32 Å². The standard InChI is InChI=1S/C13H18ClN/c1-10-5-7-11(8-6-10)9-15-13-4-2-3-12(13)14/h5-8,12-13,15H,2-4,9H2,1H3. The summed E-state index contributed by atoms with van der Waals surface area (Å²) in [5, 5.41) is 3.86. The molecule has 0 aliphatic heterocycles. The van der Waals surface area contributed by atoms with Crippen molar-refractivity contribution < 1.29 is 0 Å². The lowest BCUT2D eigenvalue weighted by molar-refractivity contribution is 0.528. The summed E-state index contributed by atoms with van der Waals surface area (Å²) in [6.07, 6.45) is 3.65. The molecule has 1 aromatic carbocycles. The van der Waals surface area contributed by atoms with Gasteiger partial charge in [0, 0.05) is 18.0 Å². The van der Waals surface area contributed by atoms with Crippen molar-refractivity contribution in [2.24, 2.45) is 0 Å². The van der Waals surface area contributed by atoms with Crippen LogP contribution in [0.2, 0.25) is 0 Å². The molecule has 0 spiro atoms. The third kappa shape index (κ3) is 2.96. The van der Waals surface area contributed by atoms with E-state index in [4.69, 9.17) is 11.6 Å². The molecule has 0 aromatic heterocycles. The zero-order valence-electron chi connectivity index (χ0n) is 9.17. The maximum Gasteiger partial charge on any atom is 0.0489 e. The molecule has 2 atom stereocenters. The van der Waals surface area contributed by atoms with Crippen LogP contribution in [-0.4, -0.2) is 11.4 Å². The first kappa shape index (κ1) is 11.0. The van der Waals surface area contributed by atoms with E-state index in [0.29, 0.717) is 11.4 Å². The molecule has 0 heterocycles. The molecule has 1 nitrogen and oxygen atoms in total. The number of hydrogen-bond acceptors (Lipinski definition) is 1. The molecule has 2 heteroatoms. The lowest BCUT2D eigenvalue weighted by atomic mass is 10.1. The molecular formula is C13H18ClN. The minimum Gasteiger partial charge on any atom is -0.308 e. The predicted octanol–water partition coefficient (Wildman–Crippen LogP) is 3.24. The molecule has 1 aliphatic carbocycles. The maximum absolute atomic E-state index is 6.21. The number of alkyl halides is 1. The van der Waals surface area contributed by atoms with Crippen LogP contribution in [0.3, 0.4) is 0 Å². The predicted molar refractivity (Wildman–Crippen MR) is 65.3 cm³/mol. The molecule has 2 rings (SSSR count). The van der Waals surface area contributed by atoms with Gasteiger partial charge in [0.15, 0.2) is 0 Å². The minimum atomic E-state index is 0.329. The monoisotopic (exact) mass is 223 g/mol. The van der Waals surface area contributed by atoms with Crippen molar-refractivity contribution in [2.75, 3.05) is 0 Å². The van der Waals surface area contributed by atoms with E-state index in [1.807, 2.05) is 0 Å². The van der Waals surface area contributed by atoms with Crippen LogP contribution in [0.5, 0.6) is 0 Å². The Bertz CT molecular complexity index is 307. The molecule has 1 fully saturated rings. The zero-order valence-corrected chi connectivity index (χ0v) is 9.93. The van der Waals surface area contributed by atoms with Gasteiger partial charge >= 0.3 is 0 Å². The van der Waals surface area contributed by atoms with E-state index in [-0.39, 0.29) is 0 Å². The van der Waals surface area contributed by atoms with Gasteiger partial charge in [0.2, 0.25) is 0 Å². The summed E-state index contributed by atoms with van der Waals surface area (Å²) in [7, 11) is 0. The van der Waals surface area contributed by atoms with E-state index in [0.717, 1.165) is 13.0 Å². The summed E-state index contributed by atoms with van der Waals surface area (Å²) in [6.45, 7) is 3.05. The van der Waals surface area contributed by atoms with Crippen LogP contribution >= 0.6 is 11.6 Å². The van der Waals surface area contributed by atoms with Crippen LogP contribution in [0.15, 0.2) is 24.3 Å². The number of rotatable bonds is 3. The summed E-state index contributed by atoms with van der Waals surface area (Å²) < 4.78 is 0. The van der Waals surface area contributed by atoms with Crippen LogP contribution in [0.4, 0.5) is 0 Å². The zero-order chi connectivity index (χ0) is 10.7. The molecule has 2 unspecified atom stereocenters. The highest BCUT2D eigenvalue weighted by molar-refractivity contribution is 6.21. The Morgan fingerprint density at radius 1 is 1.27 bits per heavy atom. The van der Waals surface area contributed by atoms with E-state index < -0.39 is 0 Å². The van der Waals surface area contributed by atoms with E-state index >= 15 is 0 Å². The number of nitrogens with one attached hydrogen (secondary N) is 1. The Balaban J connectivity index is 1.85. The van der Waals surface area contributed by atoms with Gasteiger partial charge in [-0.2, -0.15) is 0 Å². The maximum atomic E-state index is 6.21. The van der Waals surface area contributed by atoms with Crippen molar-refractivity contribution in [1.29, 1.82) is 0 Å². The van der Waals surface area contributed by atoms with Gasteiger partial charge in [-0.15, -0.1) is 11.6 Å². The van der Waals surface area contributed by atoms with Gasteiger partial charge in [-0.1, -0.05) is 36.2 Å². The summed E-state index contributed by atoms with van der Waals surface area (Å²) in [4.78, 5) is 0. The Morgan fingerprint density at radius 3 is 2.60 bits per heavy atom. The van der Waals surface area contributed by atoms with Gasteiger partial charge in [0.05, 0.1) is 0 Å². The molecule has 82 valence electrons. The second-order valence-corrected chi connectivity index (χ2v) is 4.98. The quantitative estimate of drug-likeness (QED) is 0.776. The highest BCUT2D eigenvalue weighted by Crippen LogP contribution is 2.24. The van der Waals surface area contributed by atoms with Crippen LogP contribution in [0.25, 0.3) is 0 Å². The Kier molecular flexibility index (Phi) is 3.66. The smallest absolute Gasteiger partial charge is 0.0489 e. The van der Waals surface area contributed by atoms with Gasteiger partial charge in [0.25, 0.3) is 0 Å². The van der Waals surface area contributed by atoms with E-state index in [1.165, 1.54) is 24.0 Å². The number of halogens is 1. The van der Waals surface area contributed by atoms with E-state index in [2.05, 4.69) is 36.5 Å². The largest absolute Gasteiger partial charge is 0.308 e. The normalized spacial score (nSPS) is 25.7. The topological polar surface area (TPSA) is 12.0 Å². The Labute approximate surface area is 96.8 Å². The highest BCUT2D eigenvalue weighted by Gasteiger charge is 2.24. The molecule has 15 heavy (non-hydrogen) atoms. The number of aryl methyl sites for hydroxylation is 1. The van der Waals surface area contributed by atoms with Crippen molar-refractivity contribution >= 4 is 11.6 Å². The molecule has 1 aromatic rings. The van der Waals surface area contributed by atoms with E-state index in [9.17, 15) is 0 Å². The molecule has 0 bridgehead atoms. The lowest BCUT2D eigenvalue weighted by Gasteiger charge is -2.15. The highest BCUT2D eigenvalue weighted by atomic mass is 35.5. The Hall–Kier alpha value is -0.530. The summed E-state index contributed by atoms with van der Waals surface area (Å²) in [6, 6.07) is 9.18. The average Bonchev–Trinajstić information content (AvgIpc) is 2.63. The fourth-order valence-corrected chi connectivity index (χ4v) is 2.47. The first-order valence-electron chi connectivity index (χ1n) is 5.69. The second-order valence-electron chi connectivity index (χ2n) is 4.42. The van der Waals surface area contributed by atoms with Crippen molar-refractivity contribution in [2.45, 2.75) is 44.1 Å². The van der Waals surface area contributed by atoms with Crippen molar-refractivity contribution in [3.05, 3.63) is 35.4 Å². The molecule has 1 saturated carbocycles. The Morgan fingerprint density at radius 2 is 2.00 bits per heavy atom. The molecule has 0 saturated heterocycles. The third-order valence-electron chi connectivity index (χ3n) is 3.12. The molecule has 1 N–H and O–H groups in total. The SMILES string of the molecule is Cc1ccc(CNC2CCCC2Cl)cc1. The molecule has 1 aliphatic rings. The van der Waals surface area contributed by atoms with Gasteiger partial charge in [0.1, 0.15) is 0 Å². The van der Waals surface area contributed by atoms with Crippen molar-refractivity contribution in [3.8, 4) is 0 Å². The van der Waals surface area contributed by atoms with Crippen molar-refractivity contribution in [3.63, 3.8) is 0 Å². The summed E-state index contributed by atoms with van der Waals surface area (Å²) in [5.41, 5.74) is 2.66. The molecule has 0 radical (unpaired) electrons. The van der Waals surface area contributed by atoms with Gasteiger partial charge in [-0.05, 0) is 25.3 Å². The number of hydrogen-bond donors (Lipinski definition) is 1. The van der Waals surface area contributed by atoms with Gasteiger partial charge in [-0.3, -0.25) is 0 Å². The first-order valence-corrected chi connectivity index (χ1v) is 6.12. The fraction of sp³-hybridized carbons (Fsp3) is 0.538. The van der Waals surface area contributed by atoms with Gasteiger partial charge in [-0.25, -0.2) is 0 Å². The molecular weight excluding hydrogens is 206 g/mol. The minimum absolute atomic E-state index is 0.329. The van der Waals surface area contributed by atoms with Gasteiger partial charge < -0.3 is 5.32 Å². The first-order chi connectivity index (χ1) is 7.25. The van der Waals surface area contributed by atoms with Crippen molar-refractivity contribution in [1.82, 2.24) is 5.32 Å². The van der Waals surface area contributed by atoms with Crippen LogP contribution in [0, 0.1) is 6.92 Å². The average molecular weight is 224 g/mol. The lowest BCUT2D eigenvalue weighted by Crippen LogP contribution is -2.32. The summed E-state index contributed by atoms with van der Waals surface area (Å²) in [5.74, 6) is 0. The van der Waals surface area contributed by atoms with E-state index in [1.54, 1.807) is 0 Å². The third-order valence-corrected chi connectivity index (χ3v) is 3.64. The fourth-order valence-electron chi connectivity index (χ4n) is 2.10. The molecule has 0 amide bonds. The second kappa shape index (κ2) is 5.00. The van der Waals surface area contributed by atoms with Crippen LogP contribution in [-0.2, 0) is 6.54 Å². The summed E-state index contributed by atoms with van der Waals surface area (Å²) >= 11 is 6.21. The number of benzene rings is 1.